The number of carbonyl (C=O) groups excluding carboxylic acids is 2. The molecule has 0 aromatic rings. The molecule has 1 radical (unpaired) electrons. The molecule has 0 bridgehead atoms. The van der Waals surface area contributed by atoms with Crippen molar-refractivity contribution in [1.29, 1.82) is 0 Å². The monoisotopic (exact) mass is 251 g/mol. The Bertz CT molecular complexity index is 282. The van der Waals surface area contributed by atoms with Crippen LogP contribution in [-0.4, -0.2) is 29.4 Å². The summed E-state index contributed by atoms with van der Waals surface area (Å²) in [5, 5.41) is 2.99. The van der Waals surface area contributed by atoms with E-state index in [-0.39, 0.29) is 18.1 Å². The van der Waals surface area contributed by atoms with Gasteiger partial charge in [-0.1, -0.05) is 38.5 Å². The Labute approximate surface area is 109 Å². The molecule has 0 spiro atoms. The van der Waals surface area contributed by atoms with Gasteiger partial charge in [-0.05, 0) is 25.7 Å². The first-order valence-electron chi connectivity index (χ1n) is 7.29. The van der Waals surface area contributed by atoms with Crippen LogP contribution in [0.5, 0.6) is 0 Å². The Morgan fingerprint density at radius 1 is 0.944 bits per heavy atom. The molecule has 0 heterocycles. The highest BCUT2D eigenvalue weighted by Gasteiger charge is 2.27. The van der Waals surface area contributed by atoms with Gasteiger partial charge in [0.1, 0.15) is 0 Å². The highest BCUT2D eigenvalue weighted by Crippen LogP contribution is 2.22. The molecule has 101 valence electrons. The number of hydrogen-bond acceptors (Lipinski definition) is 2. The molecule has 0 unspecified atom stereocenters. The normalized spacial score (nSPS) is 22.4. The summed E-state index contributed by atoms with van der Waals surface area (Å²) in [6.07, 6.45) is 12.9. The van der Waals surface area contributed by atoms with Gasteiger partial charge in [0, 0.05) is 12.1 Å². The van der Waals surface area contributed by atoms with E-state index in [0.29, 0.717) is 0 Å². The molecule has 4 heteroatoms. The van der Waals surface area contributed by atoms with Gasteiger partial charge in [0.2, 0.25) is 0 Å². The van der Waals surface area contributed by atoms with Crippen molar-refractivity contribution in [2.75, 3.05) is 0 Å². The SMILES string of the molecule is O=[C]N(C(=O)NC1CCCCC1)C1CCCCC1. The van der Waals surface area contributed by atoms with Gasteiger partial charge >= 0.3 is 12.4 Å². The van der Waals surface area contributed by atoms with Crippen LogP contribution in [0.3, 0.4) is 0 Å². The van der Waals surface area contributed by atoms with Crippen molar-refractivity contribution in [2.45, 2.75) is 76.3 Å². The molecule has 2 aliphatic carbocycles. The number of nitrogens with zero attached hydrogens (tertiary/aromatic N) is 1. The van der Waals surface area contributed by atoms with Crippen LogP contribution in [-0.2, 0) is 4.79 Å². The Kier molecular flexibility index (Phi) is 5.02. The zero-order chi connectivity index (χ0) is 12.8. The number of urea groups is 1. The molecule has 0 aliphatic heterocycles. The van der Waals surface area contributed by atoms with E-state index in [1.165, 1.54) is 30.6 Å². The van der Waals surface area contributed by atoms with Gasteiger partial charge in [0.15, 0.2) is 0 Å². The van der Waals surface area contributed by atoms with E-state index in [2.05, 4.69) is 5.32 Å². The molecule has 3 amide bonds. The summed E-state index contributed by atoms with van der Waals surface area (Å²) in [5.41, 5.74) is 0. The Morgan fingerprint density at radius 3 is 2.06 bits per heavy atom. The van der Waals surface area contributed by atoms with Crippen molar-refractivity contribution in [3.05, 3.63) is 0 Å². The number of imide groups is 1. The van der Waals surface area contributed by atoms with Crippen molar-refractivity contribution in [1.82, 2.24) is 10.2 Å². The summed E-state index contributed by atoms with van der Waals surface area (Å²) in [4.78, 5) is 24.4. The first kappa shape index (κ1) is 13.4. The maximum atomic E-state index is 12.1. The van der Waals surface area contributed by atoms with Crippen molar-refractivity contribution < 1.29 is 9.59 Å². The predicted octanol–water partition coefficient (Wildman–Crippen LogP) is 2.73. The van der Waals surface area contributed by atoms with Crippen LogP contribution >= 0.6 is 0 Å². The molecule has 0 saturated heterocycles. The second-order valence-corrected chi connectivity index (χ2v) is 5.54. The third-order valence-corrected chi connectivity index (χ3v) is 4.19. The minimum absolute atomic E-state index is 0.0693. The average molecular weight is 251 g/mol. The lowest BCUT2D eigenvalue weighted by molar-refractivity contribution is 0.185. The zero-order valence-electron chi connectivity index (χ0n) is 11.0. The summed E-state index contributed by atoms with van der Waals surface area (Å²) in [6.45, 7) is 0. The fourth-order valence-corrected chi connectivity index (χ4v) is 3.11. The molecule has 2 fully saturated rings. The largest absolute Gasteiger partial charge is 0.335 e. The van der Waals surface area contributed by atoms with Gasteiger partial charge in [0.05, 0.1) is 0 Å². The summed E-state index contributed by atoms with van der Waals surface area (Å²) in [7, 11) is 0. The van der Waals surface area contributed by atoms with Crippen LogP contribution in [0.25, 0.3) is 0 Å². The fraction of sp³-hybridized carbons (Fsp3) is 0.857. The molecule has 1 N–H and O–H groups in total. The van der Waals surface area contributed by atoms with E-state index < -0.39 is 0 Å². The molecule has 0 aromatic carbocycles. The Balaban J connectivity index is 1.85. The van der Waals surface area contributed by atoms with E-state index in [1.807, 2.05) is 6.41 Å². The van der Waals surface area contributed by atoms with Gasteiger partial charge in [-0.15, -0.1) is 0 Å². The maximum Gasteiger partial charge on any atom is 0.324 e. The molecule has 2 aliphatic rings. The number of rotatable bonds is 3. The summed E-state index contributed by atoms with van der Waals surface area (Å²) in [6, 6.07) is 0.0920. The lowest BCUT2D eigenvalue weighted by Crippen LogP contribution is -2.49. The molecule has 18 heavy (non-hydrogen) atoms. The topological polar surface area (TPSA) is 49.4 Å². The Morgan fingerprint density at radius 2 is 1.50 bits per heavy atom. The molecule has 2 saturated carbocycles. The van der Waals surface area contributed by atoms with Gasteiger partial charge in [-0.3, -0.25) is 9.69 Å². The third kappa shape index (κ3) is 3.47. The Hall–Kier alpha value is -1.06. The number of nitrogens with one attached hydrogen (secondary N) is 1. The van der Waals surface area contributed by atoms with E-state index >= 15 is 0 Å². The molecule has 4 nitrogen and oxygen atoms in total. The summed E-state index contributed by atoms with van der Waals surface area (Å²) >= 11 is 0. The van der Waals surface area contributed by atoms with Crippen LogP contribution in [0.15, 0.2) is 0 Å². The standard InChI is InChI=1S/C14H23N2O2/c17-11-16(13-9-5-2-6-10-13)14(18)15-12-7-3-1-4-8-12/h12-13H,1-10H2,(H,15,18). The van der Waals surface area contributed by atoms with E-state index in [1.54, 1.807) is 0 Å². The van der Waals surface area contributed by atoms with Crippen LogP contribution in [0.2, 0.25) is 0 Å². The number of hydrogen-bond donors (Lipinski definition) is 1. The predicted molar refractivity (Wildman–Crippen MR) is 69.8 cm³/mol. The van der Waals surface area contributed by atoms with E-state index in [0.717, 1.165) is 38.5 Å². The minimum Gasteiger partial charge on any atom is -0.335 e. The molecule has 0 aromatic heterocycles. The second-order valence-electron chi connectivity index (χ2n) is 5.54. The van der Waals surface area contributed by atoms with Gasteiger partial charge in [-0.2, -0.15) is 0 Å². The molecule has 2 rings (SSSR count). The van der Waals surface area contributed by atoms with Gasteiger partial charge in [-0.25, -0.2) is 4.79 Å². The summed E-state index contributed by atoms with van der Waals surface area (Å²) in [5.74, 6) is 0. The number of carbonyl (C=O) groups is 1. The van der Waals surface area contributed by atoms with Crippen molar-refractivity contribution in [3.8, 4) is 0 Å². The lowest BCUT2D eigenvalue weighted by Gasteiger charge is -2.31. The first-order chi connectivity index (χ1) is 8.81. The fourth-order valence-electron chi connectivity index (χ4n) is 3.11. The molecular weight excluding hydrogens is 228 g/mol. The quantitative estimate of drug-likeness (QED) is 0.784. The van der Waals surface area contributed by atoms with E-state index in [9.17, 15) is 9.59 Å². The van der Waals surface area contributed by atoms with E-state index in [4.69, 9.17) is 0 Å². The smallest absolute Gasteiger partial charge is 0.324 e. The third-order valence-electron chi connectivity index (χ3n) is 4.19. The lowest BCUT2D eigenvalue weighted by atomic mass is 9.94. The minimum atomic E-state index is -0.233. The number of amides is 3. The zero-order valence-corrected chi connectivity index (χ0v) is 11.0. The van der Waals surface area contributed by atoms with Crippen LogP contribution < -0.4 is 5.32 Å². The van der Waals surface area contributed by atoms with Crippen LogP contribution in [0.4, 0.5) is 4.79 Å². The van der Waals surface area contributed by atoms with Gasteiger partial charge in [0.25, 0.3) is 0 Å². The highest BCUT2D eigenvalue weighted by atomic mass is 16.2. The van der Waals surface area contributed by atoms with Gasteiger partial charge < -0.3 is 5.32 Å². The van der Waals surface area contributed by atoms with Crippen molar-refractivity contribution in [2.24, 2.45) is 0 Å². The maximum absolute atomic E-state index is 12.1. The summed E-state index contributed by atoms with van der Waals surface area (Å²) < 4.78 is 0. The van der Waals surface area contributed by atoms with Crippen molar-refractivity contribution in [3.63, 3.8) is 0 Å². The van der Waals surface area contributed by atoms with Crippen LogP contribution in [0.1, 0.15) is 64.2 Å². The highest BCUT2D eigenvalue weighted by molar-refractivity contribution is 5.85. The first-order valence-corrected chi connectivity index (χ1v) is 7.29. The molecular formula is C14H23N2O2. The average Bonchev–Trinajstić information content (AvgIpc) is 2.42. The van der Waals surface area contributed by atoms with Crippen LogP contribution in [0, 0.1) is 0 Å². The molecule has 0 atom stereocenters. The second kappa shape index (κ2) is 6.76. The van der Waals surface area contributed by atoms with Crippen molar-refractivity contribution >= 4 is 12.4 Å².